The third-order valence-corrected chi connectivity index (χ3v) is 4.05. The lowest BCUT2D eigenvalue weighted by molar-refractivity contribution is -0.152. The third kappa shape index (κ3) is 5.21. The molecule has 0 aliphatic heterocycles. The number of rotatable bonds is 5. The molecule has 2 aromatic rings. The first kappa shape index (κ1) is 18.8. The van der Waals surface area contributed by atoms with Gasteiger partial charge >= 0.3 is 5.97 Å². The summed E-state index contributed by atoms with van der Waals surface area (Å²) in [5.74, 6) is -1.10. The minimum Gasteiger partial charge on any atom is -0.452 e. The fourth-order valence-corrected chi connectivity index (χ4v) is 2.54. The van der Waals surface area contributed by atoms with Crippen LogP contribution in [0.15, 0.2) is 42.5 Å². The fourth-order valence-electron chi connectivity index (χ4n) is 2.01. The quantitative estimate of drug-likeness (QED) is 0.800. The van der Waals surface area contributed by atoms with Crippen molar-refractivity contribution >= 4 is 40.8 Å². The first-order chi connectivity index (χ1) is 11.9. The van der Waals surface area contributed by atoms with E-state index in [1.54, 1.807) is 42.5 Å². The maximum absolute atomic E-state index is 12.1. The Kier molecular flexibility index (Phi) is 6.40. The minimum absolute atomic E-state index is 0.132. The number of carbonyl (C=O) groups excluding carboxylic acids is 2. The molecular formula is C18H14Cl2N2O3. The van der Waals surface area contributed by atoms with Gasteiger partial charge in [-0.15, -0.1) is 0 Å². The summed E-state index contributed by atoms with van der Waals surface area (Å²) in [6.07, 6.45) is -1.13. The van der Waals surface area contributed by atoms with Crippen LogP contribution in [0.3, 0.4) is 0 Å². The van der Waals surface area contributed by atoms with Gasteiger partial charge in [-0.2, -0.15) is 5.26 Å². The molecule has 0 heterocycles. The molecule has 0 spiro atoms. The molecule has 1 amide bonds. The van der Waals surface area contributed by atoms with E-state index in [4.69, 9.17) is 33.2 Å². The Morgan fingerprint density at radius 3 is 2.32 bits per heavy atom. The molecule has 0 saturated carbocycles. The molecule has 25 heavy (non-hydrogen) atoms. The van der Waals surface area contributed by atoms with Gasteiger partial charge in [-0.3, -0.25) is 9.59 Å². The van der Waals surface area contributed by atoms with Crippen molar-refractivity contribution in [3.8, 4) is 6.07 Å². The zero-order valence-corrected chi connectivity index (χ0v) is 14.8. The smallest absolute Gasteiger partial charge is 0.311 e. The number of hydrogen-bond donors (Lipinski definition) is 1. The number of benzene rings is 2. The molecule has 0 aliphatic carbocycles. The van der Waals surface area contributed by atoms with Crippen LogP contribution in [0.2, 0.25) is 10.0 Å². The van der Waals surface area contributed by atoms with E-state index in [1.807, 2.05) is 6.07 Å². The van der Waals surface area contributed by atoms with Gasteiger partial charge in [-0.05, 0) is 43.3 Å². The zero-order valence-electron chi connectivity index (χ0n) is 13.3. The van der Waals surface area contributed by atoms with E-state index in [0.29, 0.717) is 26.9 Å². The van der Waals surface area contributed by atoms with Crippen molar-refractivity contribution in [3.63, 3.8) is 0 Å². The van der Waals surface area contributed by atoms with Crippen LogP contribution in [0.1, 0.15) is 18.1 Å². The van der Waals surface area contributed by atoms with E-state index in [9.17, 15) is 9.59 Å². The van der Waals surface area contributed by atoms with Crippen LogP contribution in [0, 0.1) is 11.3 Å². The van der Waals surface area contributed by atoms with Crippen molar-refractivity contribution < 1.29 is 14.3 Å². The second-order valence-electron chi connectivity index (χ2n) is 5.19. The van der Waals surface area contributed by atoms with Gasteiger partial charge in [0.2, 0.25) is 0 Å². The Hall–Kier alpha value is -2.55. The van der Waals surface area contributed by atoms with Gasteiger partial charge in [0.15, 0.2) is 6.10 Å². The Bertz CT molecular complexity index is 809. The molecule has 7 heteroatoms. The molecule has 0 unspecified atom stereocenters. The summed E-state index contributed by atoms with van der Waals surface area (Å²) in [6, 6.07) is 13.2. The van der Waals surface area contributed by atoms with Crippen molar-refractivity contribution in [2.75, 3.05) is 5.32 Å². The van der Waals surface area contributed by atoms with Crippen LogP contribution in [0.5, 0.6) is 0 Å². The van der Waals surface area contributed by atoms with E-state index in [1.165, 1.54) is 6.92 Å². The average molecular weight is 377 g/mol. The van der Waals surface area contributed by atoms with Crippen LogP contribution in [0.4, 0.5) is 5.69 Å². The minimum atomic E-state index is -0.996. The van der Waals surface area contributed by atoms with E-state index in [0.717, 1.165) is 0 Å². The standard InChI is InChI=1S/C18H14Cl2N2O3/c1-11(18(24)22-13-7-5-12(10-21)6-8-13)25-17(23)9-14-15(19)3-2-4-16(14)20/h2-8,11H,9H2,1H3,(H,22,24)/t11-/m1/s1. The topological polar surface area (TPSA) is 79.2 Å². The van der Waals surface area contributed by atoms with Gasteiger partial charge in [-0.1, -0.05) is 29.3 Å². The SMILES string of the molecule is C[C@@H](OC(=O)Cc1c(Cl)cccc1Cl)C(=O)Nc1ccc(C#N)cc1. The Morgan fingerprint density at radius 2 is 1.76 bits per heavy atom. The number of halogens is 2. The first-order valence-electron chi connectivity index (χ1n) is 7.34. The van der Waals surface area contributed by atoms with E-state index >= 15 is 0 Å². The number of nitriles is 1. The van der Waals surface area contributed by atoms with Crippen molar-refractivity contribution in [2.45, 2.75) is 19.4 Å². The van der Waals surface area contributed by atoms with Crippen LogP contribution in [-0.2, 0) is 20.7 Å². The second-order valence-corrected chi connectivity index (χ2v) is 6.00. The molecule has 0 radical (unpaired) electrons. The summed E-state index contributed by atoms with van der Waals surface area (Å²) >= 11 is 12.0. The Labute approximate surface area is 155 Å². The monoisotopic (exact) mass is 376 g/mol. The highest BCUT2D eigenvalue weighted by molar-refractivity contribution is 6.36. The van der Waals surface area contributed by atoms with Crippen LogP contribution >= 0.6 is 23.2 Å². The molecular weight excluding hydrogens is 363 g/mol. The highest BCUT2D eigenvalue weighted by atomic mass is 35.5. The number of carbonyl (C=O) groups is 2. The molecule has 128 valence electrons. The lowest BCUT2D eigenvalue weighted by atomic mass is 10.1. The fraction of sp³-hybridized carbons (Fsp3) is 0.167. The molecule has 2 aromatic carbocycles. The number of esters is 1. The predicted octanol–water partition coefficient (Wildman–Crippen LogP) is 3.98. The Balaban J connectivity index is 1.93. The van der Waals surface area contributed by atoms with Crippen molar-refractivity contribution in [1.29, 1.82) is 5.26 Å². The van der Waals surface area contributed by atoms with Crippen molar-refractivity contribution in [1.82, 2.24) is 0 Å². The normalized spacial score (nSPS) is 11.3. The summed E-state index contributed by atoms with van der Waals surface area (Å²) in [4.78, 5) is 24.1. The molecule has 0 fully saturated rings. The van der Waals surface area contributed by atoms with E-state index < -0.39 is 18.0 Å². The maximum Gasteiger partial charge on any atom is 0.311 e. The van der Waals surface area contributed by atoms with Crippen molar-refractivity contribution in [2.24, 2.45) is 0 Å². The summed E-state index contributed by atoms with van der Waals surface area (Å²) < 4.78 is 5.12. The highest BCUT2D eigenvalue weighted by Gasteiger charge is 2.19. The van der Waals surface area contributed by atoms with Crippen LogP contribution in [0.25, 0.3) is 0 Å². The number of hydrogen-bond acceptors (Lipinski definition) is 4. The number of nitrogens with zero attached hydrogens (tertiary/aromatic N) is 1. The summed E-state index contributed by atoms with van der Waals surface area (Å²) in [5.41, 5.74) is 1.44. The maximum atomic E-state index is 12.1. The number of anilines is 1. The van der Waals surface area contributed by atoms with Gasteiger partial charge in [0.25, 0.3) is 5.91 Å². The third-order valence-electron chi connectivity index (χ3n) is 3.34. The highest BCUT2D eigenvalue weighted by Crippen LogP contribution is 2.25. The summed E-state index contributed by atoms with van der Waals surface area (Å²) in [6.45, 7) is 1.46. The molecule has 5 nitrogen and oxygen atoms in total. The van der Waals surface area contributed by atoms with Gasteiger partial charge in [-0.25, -0.2) is 0 Å². The largest absolute Gasteiger partial charge is 0.452 e. The lowest BCUT2D eigenvalue weighted by Crippen LogP contribution is -2.30. The van der Waals surface area contributed by atoms with Gasteiger partial charge < -0.3 is 10.1 Å². The zero-order chi connectivity index (χ0) is 18.4. The van der Waals surface area contributed by atoms with E-state index in [2.05, 4.69) is 5.32 Å². The Morgan fingerprint density at radius 1 is 1.16 bits per heavy atom. The summed E-state index contributed by atoms with van der Waals surface area (Å²) in [5, 5.41) is 12.1. The molecule has 0 bridgehead atoms. The van der Waals surface area contributed by atoms with Gasteiger partial charge in [0, 0.05) is 21.3 Å². The summed E-state index contributed by atoms with van der Waals surface area (Å²) in [7, 11) is 0. The average Bonchev–Trinajstić information content (AvgIpc) is 2.59. The molecule has 0 aliphatic rings. The van der Waals surface area contributed by atoms with Crippen LogP contribution < -0.4 is 5.32 Å². The lowest BCUT2D eigenvalue weighted by Gasteiger charge is -2.14. The molecule has 0 saturated heterocycles. The van der Waals surface area contributed by atoms with Gasteiger partial charge in [0.05, 0.1) is 18.1 Å². The number of amides is 1. The molecule has 2 rings (SSSR count). The molecule has 1 atom stereocenters. The number of ether oxygens (including phenoxy) is 1. The van der Waals surface area contributed by atoms with Gasteiger partial charge in [0.1, 0.15) is 0 Å². The molecule has 0 aromatic heterocycles. The van der Waals surface area contributed by atoms with Crippen molar-refractivity contribution in [3.05, 3.63) is 63.6 Å². The second kappa shape index (κ2) is 8.52. The van der Waals surface area contributed by atoms with Crippen LogP contribution in [-0.4, -0.2) is 18.0 Å². The number of nitrogens with one attached hydrogen (secondary N) is 1. The predicted molar refractivity (Wildman–Crippen MR) is 95.5 cm³/mol. The molecule has 1 N–H and O–H groups in total. The first-order valence-corrected chi connectivity index (χ1v) is 8.09. The van der Waals surface area contributed by atoms with E-state index in [-0.39, 0.29) is 6.42 Å².